The van der Waals surface area contributed by atoms with Crippen LogP contribution in [-0.2, 0) is 17.8 Å². The van der Waals surface area contributed by atoms with Crippen molar-refractivity contribution < 1.29 is 4.74 Å². The van der Waals surface area contributed by atoms with Crippen molar-refractivity contribution >= 4 is 11.3 Å². The molecule has 2 saturated heterocycles. The summed E-state index contributed by atoms with van der Waals surface area (Å²) in [6, 6.07) is 2.41. The normalized spacial score (nSPS) is 24.0. The second-order valence-electron chi connectivity index (χ2n) is 6.33. The van der Waals surface area contributed by atoms with Crippen molar-refractivity contribution in [1.82, 2.24) is 9.80 Å². The van der Waals surface area contributed by atoms with Crippen LogP contribution in [0.25, 0.3) is 0 Å². The number of rotatable bonds is 6. The van der Waals surface area contributed by atoms with Gasteiger partial charge in [0.2, 0.25) is 0 Å². The SMILES string of the molecule is CN(Cc1cc(CN2CCCC2)cs1)C[C@@H]1CCOC1. The molecule has 1 aromatic heterocycles. The van der Waals surface area contributed by atoms with Gasteiger partial charge in [-0.25, -0.2) is 0 Å². The molecule has 1 atom stereocenters. The zero-order chi connectivity index (χ0) is 13.8. The Bertz CT molecular complexity index is 408. The van der Waals surface area contributed by atoms with Crippen LogP contribution < -0.4 is 0 Å². The van der Waals surface area contributed by atoms with Crippen molar-refractivity contribution in [1.29, 1.82) is 0 Å². The van der Waals surface area contributed by atoms with Gasteiger partial charge in [-0.05, 0) is 62.3 Å². The first kappa shape index (κ1) is 14.5. The molecule has 2 fully saturated rings. The summed E-state index contributed by atoms with van der Waals surface area (Å²) >= 11 is 1.92. The fourth-order valence-corrected chi connectivity index (χ4v) is 4.25. The third-order valence-corrected chi connectivity index (χ3v) is 5.30. The Morgan fingerprint density at radius 1 is 1.40 bits per heavy atom. The molecule has 0 radical (unpaired) electrons. The van der Waals surface area contributed by atoms with Gasteiger partial charge in [-0.3, -0.25) is 4.90 Å². The molecule has 0 aliphatic carbocycles. The van der Waals surface area contributed by atoms with E-state index in [4.69, 9.17) is 4.74 Å². The molecule has 0 saturated carbocycles. The molecular formula is C16H26N2OS. The van der Waals surface area contributed by atoms with E-state index in [1.807, 2.05) is 11.3 Å². The molecule has 0 amide bonds. The molecule has 0 aromatic carbocycles. The van der Waals surface area contributed by atoms with E-state index in [2.05, 4.69) is 28.3 Å². The minimum atomic E-state index is 0.740. The van der Waals surface area contributed by atoms with Crippen molar-refractivity contribution in [2.24, 2.45) is 5.92 Å². The van der Waals surface area contributed by atoms with Gasteiger partial charge in [0, 0.05) is 31.1 Å². The van der Waals surface area contributed by atoms with Crippen LogP contribution >= 0.6 is 11.3 Å². The summed E-state index contributed by atoms with van der Waals surface area (Å²) in [5, 5.41) is 2.35. The Kier molecular flexibility index (Phi) is 5.10. The first-order chi connectivity index (χ1) is 9.79. The number of nitrogens with zero attached hydrogens (tertiary/aromatic N) is 2. The van der Waals surface area contributed by atoms with Gasteiger partial charge < -0.3 is 9.64 Å². The lowest BCUT2D eigenvalue weighted by atomic mass is 10.1. The highest BCUT2D eigenvalue weighted by Crippen LogP contribution is 2.21. The van der Waals surface area contributed by atoms with Crippen molar-refractivity contribution in [2.75, 3.05) is 39.9 Å². The van der Waals surface area contributed by atoms with Crippen LogP contribution in [0.1, 0.15) is 29.7 Å². The van der Waals surface area contributed by atoms with E-state index in [0.29, 0.717) is 0 Å². The van der Waals surface area contributed by atoms with Crippen molar-refractivity contribution in [2.45, 2.75) is 32.4 Å². The molecule has 1 aromatic rings. The Hall–Kier alpha value is -0.420. The molecule has 3 nitrogen and oxygen atoms in total. The lowest BCUT2D eigenvalue weighted by Crippen LogP contribution is -2.25. The van der Waals surface area contributed by atoms with Crippen LogP contribution in [0.3, 0.4) is 0 Å². The number of likely N-dealkylation sites (tertiary alicyclic amines) is 1. The summed E-state index contributed by atoms with van der Waals surface area (Å²) in [7, 11) is 2.23. The second kappa shape index (κ2) is 7.03. The Morgan fingerprint density at radius 3 is 3.00 bits per heavy atom. The van der Waals surface area contributed by atoms with Gasteiger partial charge in [-0.1, -0.05) is 0 Å². The van der Waals surface area contributed by atoms with Gasteiger partial charge >= 0.3 is 0 Å². The van der Waals surface area contributed by atoms with Crippen LogP contribution in [0.15, 0.2) is 11.4 Å². The molecular weight excluding hydrogens is 268 g/mol. The first-order valence-electron chi connectivity index (χ1n) is 7.84. The average Bonchev–Trinajstić information content (AvgIpc) is 3.12. The fraction of sp³-hybridized carbons (Fsp3) is 0.750. The highest BCUT2D eigenvalue weighted by Gasteiger charge is 2.18. The molecule has 2 aliphatic rings. The molecule has 0 N–H and O–H groups in total. The van der Waals surface area contributed by atoms with Gasteiger partial charge in [0.1, 0.15) is 0 Å². The largest absolute Gasteiger partial charge is 0.381 e. The third-order valence-electron chi connectivity index (χ3n) is 4.33. The molecule has 112 valence electrons. The van der Waals surface area contributed by atoms with Crippen molar-refractivity contribution in [3.63, 3.8) is 0 Å². The van der Waals surface area contributed by atoms with Gasteiger partial charge in [0.15, 0.2) is 0 Å². The van der Waals surface area contributed by atoms with Gasteiger partial charge in [0.05, 0.1) is 6.61 Å². The molecule has 20 heavy (non-hydrogen) atoms. The Morgan fingerprint density at radius 2 is 2.25 bits per heavy atom. The molecule has 3 rings (SSSR count). The topological polar surface area (TPSA) is 15.7 Å². The van der Waals surface area contributed by atoms with Crippen LogP contribution in [0.2, 0.25) is 0 Å². The summed E-state index contributed by atoms with van der Waals surface area (Å²) in [5.74, 6) is 0.740. The van der Waals surface area contributed by atoms with Crippen LogP contribution in [0, 0.1) is 5.92 Å². The van der Waals surface area contributed by atoms with E-state index in [0.717, 1.165) is 32.2 Å². The maximum absolute atomic E-state index is 5.46. The zero-order valence-corrected chi connectivity index (χ0v) is 13.3. The zero-order valence-electron chi connectivity index (χ0n) is 12.5. The lowest BCUT2D eigenvalue weighted by Gasteiger charge is -2.19. The first-order valence-corrected chi connectivity index (χ1v) is 8.72. The van der Waals surface area contributed by atoms with Gasteiger partial charge in [0.25, 0.3) is 0 Å². The lowest BCUT2D eigenvalue weighted by molar-refractivity contribution is 0.173. The fourth-order valence-electron chi connectivity index (χ4n) is 3.29. The van der Waals surface area contributed by atoms with Crippen LogP contribution in [0.5, 0.6) is 0 Å². The predicted molar refractivity (Wildman–Crippen MR) is 84.1 cm³/mol. The number of hydrogen-bond donors (Lipinski definition) is 0. The summed E-state index contributed by atoms with van der Waals surface area (Å²) in [4.78, 5) is 6.52. The standard InChI is InChI=1S/C16H26N2OS/c1-17(9-14-4-7-19-12-14)11-16-8-15(13-20-16)10-18-5-2-3-6-18/h8,13-14H,2-7,9-12H2,1H3/t14-/m0/s1. The van der Waals surface area contributed by atoms with E-state index >= 15 is 0 Å². The van der Waals surface area contributed by atoms with Crippen LogP contribution in [-0.4, -0.2) is 49.7 Å². The van der Waals surface area contributed by atoms with E-state index in [1.165, 1.54) is 49.3 Å². The summed E-state index contributed by atoms with van der Waals surface area (Å²) < 4.78 is 5.46. The maximum Gasteiger partial charge on any atom is 0.0507 e. The molecule has 0 unspecified atom stereocenters. The smallest absolute Gasteiger partial charge is 0.0507 e. The molecule has 4 heteroatoms. The highest BCUT2D eigenvalue weighted by atomic mass is 32.1. The van der Waals surface area contributed by atoms with Crippen molar-refractivity contribution in [3.05, 3.63) is 21.9 Å². The van der Waals surface area contributed by atoms with Gasteiger partial charge in [-0.15, -0.1) is 11.3 Å². The molecule has 3 heterocycles. The van der Waals surface area contributed by atoms with E-state index < -0.39 is 0 Å². The maximum atomic E-state index is 5.46. The number of thiophene rings is 1. The van der Waals surface area contributed by atoms with Crippen molar-refractivity contribution in [3.8, 4) is 0 Å². The molecule has 2 aliphatic heterocycles. The van der Waals surface area contributed by atoms with E-state index in [1.54, 1.807) is 0 Å². The number of hydrogen-bond acceptors (Lipinski definition) is 4. The molecule has 0 spiro atoms. The third kappa shape index (κ3) is 4.04. The summed E-state index contributed by atoms with van der Waals surface area (Å²) in [6.45, 7) is 7.88. The summed E-state index contributed by atoms with van der Waals surface area (Å²) in [5.41, 5.74) is 1.50. The average molecular weight is 294 g/mol. The predicted octanol–water partition coefficient (Wildman–Crippen LogP) is 2.81. The van der Waals surface area contributed by atoms with Crippen LogP contribution in [0.4, 0.5) is 0 Å². The minimum Gasteiger partial charge on any atom is -0.381 e. The molecule has 0 bridgehead atoms. The highest BCUT2D eigenvalue weighted by molar-refractivity contribution is 7.10. The second-order valence-corrected chi connectivity index (χ2v) is 7.33. The Balaban J connectivity index is 1.45. The van der Waals surface area contributed by atoms with E-state index in [-0.39, 0.29) is 0 Å². The number of ether oxygens (including phenoxy) is 1. The van der Waals surface area contributed by atoms with E-state index in [9.17, 15) is 0 Å². The minimum absolute atomic E-state index is 0.740. The monoisotopic (exact) mass is 294 g/mol. The quantitative estimate of drug-likeness (QED) is 0.802. The Labute approximate surface area is 126 Å². The summed E-state index contributed by atoms with van der Waals surface area (Å²) in [6.07, 6.45) is 3.99. The van der Waals surface area contributed by atoms with Gasteiger partial charge in [-0.2, -0.15) is 0 Å².